The van der Waals surface area contributed by atoms with Gasteiger partial charge in [-0.2, -0.15) is 0 Å². The molecule has 0 amide bonds. The maximum absolute atomic E-state index is 13.3. The first-order valence-corrected chi connectivity index (χ1v) is 11.7. The standard InChI is InChI=1S/C21H20BrN3O4S/c1-24-10-12-25(13-11-24)19-18(20(26)16-4-2-3-5-17(16)21(19)27)23-30(28,29)15-8-6-14(22)7-9-15/h2-9,23H,10-13H2,1H3. The van der Waals surface area contributed by atoms with Crippen LogP contribution in [0.2, 0.25) is 0 Å². The number of sulfonamides is 1. The van der Waals surface area contributed by atoms with Gasteiger partial charge in [0.2, 0.25) is 11.6 Å². The number of likely N-dealkylation sites (N-methyl/N-ethyl adjacent to an activating group) is 1. The molecule has 0 saturated carbocycles. The molecule has 30 heavy (non-hydrogen) atoms. The summed E-state index contributed by atoms with van der Waals surface area (Å²) in [5.41, 5.74) is 0.426. The molecule has 0 aromatic heterocycles. The largest absolute Gasteiger partial charge is 0.364 e. The van der Waals surface area contributed by atoms with Gasteiger partial charge in [-0.05, 0) is 31.3 Å². The van der Waals surface area contributed by atoms with E-state index < -0.39 is 15.8 Å². The molecule has 0 atom stereocenters. The van der Waals surface area contributed by atoms with Crippen molar-refractivity contribution < 1.29 is 18.0 Å². The summed E-state index contributed by atoms with van der Waals surface area (Å²) in [6, 6.07) is 12.6. The lowest BCUT2D eigenvalue weighted by atomic mass is 9.90. The van der Waals surface area contributed by atoms with E-state index in [1.54, 1.807) is 41.3 Å². The predicted molar refractivity (Wildman–Crippen MR) is 116 cm³/mol. The van der Waals surface area contributed by atoms with E-state index in [0.29, 0.717) is 31.7 Å². The number of halogens is 1. The van der Waals surface area contributed by atoms with E-state index in [1.165, 1.54) is 12.1 Å². The van der Waals surface area contributed by atoms with E-state index in [2.05, 4.69) is 25.6 Å². The number of rotatable bonds is 4. The van der Waals surface area contributed by atoms with Crippen molar-refractivity contribution >= 4 is 37.5 Å². The summed E-state index contributed by atoms with van der Waals surface area (Å²) in [6.45, 7) is 2.46. The number of fused-ring (bicyclic) bond motifs is 1. The Labute approximate surface area is 183 Å². The molecule has 1 aliphatic heterocycles. The van der Waals surface area contributed by atoms with Crippen molar-refractivity contribution in [2.45, 2.75) is 4.90 Å². The molecule has 0 unspecified atom stereocenters. The third-order valence-electron chi connectivity index (χ3n) is 5.28. The van der Waals surface area contributed by atoms with Crippen LogP contribution >= 0.6 is 15.9 Å². The van der Waals surface area contributed by atoms with Crippen LogP contribution in [0.3, 0.4) is 0 Å². The number of hydrogen-bond acceptors (Lipinski definition) is 6. The Morgan fingerprint density at radius 1 is 0.867 bits per heavy atom. The molecule has 7 nitrogen and oxygen atoms in total. The van der Waals surface area contributed by atoms with Crippen molar-refractivity contribution in [2.24, 2.45) is 0 Å². The molecule has 1 heterocycles. The molecular formula is C21H20BrN3O4S. The second-order valence-electron chi connectivity index (χ2n) is 7.28. The number of nitrogens with zero attached hydrogens (tertiary/aromatic N) is 2. The first kappa shape index (κ1) is 20.8. The lowest BCUT2D eigenvalue weighted by Crippen LogP contribution is -2.48. The van der Waals surface area contributed by atoms with Gasteiger partial charge >= 0.3 is 0 Å². The van der Waals surface area contributed by atoms with Crippen LogP contribution in [0.25, 0.3) is 0 Å². The van der Waals surface area contributed by atoms with Gasteiger partial charge in [-0.15, -0.1) is 0 Å². The summed E-state index contributed by atoms with van der Waals surface area (Å²) >= 11 is 3.28. The minimum atomic E-state index is -4.06. The van der Waals surface area contributed by atoms with Crippen molar-refractivity contribution in [3.05, 3.63) is 75.5 Å². The molecule has 0 bridgehead atoms. The summed E-state index contributed by atoms with van der Waals surface area (Å²) in [5.74, 6) is -0.844. The Bertz CT molecular complexity index is 1150. The second-order valence-corrected chi connectivity index (χ2v) is 9.88. The molecule has 0 radical (unpaired) electrons. The van der Waals surface area contributed by atoms with E-state index in [9.17, 15) is 18.0 Å². The van der Waals surface area contributed by atoms with Gasteiger partial charge in [0.25, 0.3) is 10.0 Å². The van der Waals surface area contributed by atoms with Gasteiger partial charge in [-0.3, -0.25) is 14.3 Å². The number of Topliss-reactive ketones (excluding diaryl/α,β-unsaturated/α-hetero) is 2. The molecule has 2 aromatic carbocycles. The first-order valence-electron chi connectivity index (χ1n) is 9.42. The third-order valence-corrected chi connectivity index (χ3v) is 7.17. The normalized spacial score (nSPS) is 17.9. The van der Waals surface area contributed by atoms with E-state index >= 15 is 0 Å². The topological polar surface area (TPSA) is 86.8 Å². The zero-order valence-electron chi connectivity index (χ0n) is 16.3. The molecule has 1 aliphatic carbocycles. The Hall–Kier alpha value is -2.49. The SMILES string of the molecule is CN1CCN(C2=C(NS(=O)(=O)c3ccc(Br)cc3)C(=O)c3ccccc3C2=O)CC1. The number of hydrogen-bond donors (Lipinski definition) is 1. The lowest BCUT2D eigenvalue weighted by Gasteiger charge is -2.37. The maximum Gasteiger partial charge on any atom is 0.262 e. The number of carbonyl (C=O) groups excluding carboxylic acids is 2. The maximum atomic E-state index is 13.3. The number of carbonyl (C=O) groups is 2. The van der Waals surface area contributed by atoms with Crippen LogP contribution < -0.4 is 4.72 Å². The molecule has 1 fully saturated rings. The Morgan fingerprint density at radius 3 is 2.03 bits per heavy atom. The highest BCUT2D eigenvalue weighted by molar-refractivity contribution is 9.10. The van der Waals surface area contributed by atoms with Crippen LogP contribution in [-0.2, 0) is 10.0 Å². The predicted octanol–water partition coefficient (Wildman–Crippen LogP) is 2.27. The molecule has 1 saturated heterocycles. The first-order chi connectivity index (χ1) is 14.3. The molecule has 2 aliphatic rings. The molecule has 156 valence electrons. The summed E-state index contributed by atoms with van der Waals surface area (Å²) in [4.78, 5) is 30.5. The van der Waals surface area contributed by atoms with Crippen molar-refractivity contribution in [2.75, 3.05) is 33.2 Å². The zero-order valence-corrected chi connectivity index (χ0v) is 18.7. The zero-order chi connectivity index (χ0) is 21.5. The molecule has 2 aromatic rings. The van der Waals surface area contributed by atoms with Gasteiger partial charge in [-0.1, -0.05) is 40.2 Å². The van der Waals surface area contributed by atoms with Crippen LogP contribution in [0.15, 0.2) is 69.3 Å². The molecule has 1 N–H and O–H groups in total. The fourth-order valence-electron chi connectivity index (χ4n) is 3.60. The Balaban J connectivity index is 1.81. The van der Waals surface area contributed by atoms with Gasteiger partial charge in [0.1, 0.15) is 11.4 Å². The minimum absolute atomic E-state index is 0.00929. The monoisotopic (exact) mass is 489 g/mol. The van der Waals surface area contributed by atoms with Crippen LogP contribution in [0.1, 0.15) is 20.7 Å². The van der Waals surface area contributed by atoms with Gasteiger partial charge < -0.3 is 9.80 Å². The van der Waals surface area contributed by atoms with Gasteiger partial charge in [-0.25, -0.2) is 8.42 Å². The number of nitrogens with one attached hydrogen (secondary N) is 1. The van der Waals surface area contributed by atoms with Crippen LogP contribution in [0, 0.1) is 0 Å². The smallest absolute Gasteiger partial charge is 0.262 e. The minimum Gasteiger partial charge on any atom is -0.364 e. The second kappa shape index (κ2) is 7.98. The summed E-state index contributed by atoms with van der Waals surface area (Å²) in [6.07, 6.45) is 0. The number of piperazine rings is 1. The third kappa shape index (κ3) is 3.80. The molecule has 9 heteroatoms. The van der Waals surface area contributed by atoms with E-state index in [1.807, 2.05) is 7.05 Å². The molecule has 0 spiro atoms. The van der Waals surface area contributed by atoms with Crippen molar-refractivity contribution in [1.29, 1.82) is 0 Å². The lowest BCUT2D eigenvalue weighted by molar-refractivity contribution is 0.0913. The highest BCUT2D eigenvalue weighted by Gasteiger charge is 2.37. The van der Waals surface area contributed by atoms with Crippen molar-refractivity contribution in [3.8, 4) is 0 Å². The van der Waals surface area contributed by atoms with Crippen molar-refractivity contribution in [1.82, 2.24) is 14.5 Å². The molecule has 4 rings (SSSR count). The Kier molecular flexibility index (Phi) is 5.52. The highest BCUT2D eigenvalue weighted by atomic mass is 79.9. The summed E-state index contributed by atoms with van der Waals surface area (Å²) < 4.78 is 29.2. The highest BCUT2D eigenvalue weighted by Crippen LogP contribution is 2.29. The van der Waals surface area contributed by atoms with E-state index in [4.69, 9.17) is 0 Å². The Morgan fingerprint density at radius 2 is 1.43 bits per heavy atom. The van der Waals surface area contributed by atoms with Gasteiger partial charge in [0, 0.05) is 41.8 Å². The summed E-state index contributed by atoms with van der Waals surface area (Å²) in [5, 5.41) is 0. The van der Waals surface area contributed by atoms with Crippen LogP contribution in [0.4, 0.5) is 0 Å². The fourth-order valence-corrected chi connectivity index (χ4v) is 4.93. The quantitative estimate of drug-likeness (QED) is 0.708. The fraction of sp³-hybridized carbons (Fsp3) is 0.238. The van der Waals surface area contributed by atoms with Gasteiger partial charge in [0.15, 0.2) is 0 Å². The van der Waals surface area contributed by atoms with Gasteiger partial charge in [0.05, 0.1) is 4.90 Å². The average Bonchev–Trinajstić information content (AvgIpc) is 2.73. The summed E-state index contributed by atoms with van der Waals surface area (Å²) in [7, 11) is -2.08. The number of allylic oxidation sites excluding steroid dienone is 2. The van der Waals surface area contributed by atoms with E-state index in [0.717, 1.165) is 4.47 Å². The average molecular weight is 490 g/mol. The van der Waals surface area contributed by atoms with Crippen molar-refractivity contribution in [3.63, 3.8) is 0 Å². The van der Waals surface area contributed by atoms with Crippen LogP contribution in [0.5, 0.6) is 0 Å². The number of benzene rings is 2. The number of ketones is 2. The molecular weight excluding hydrogens is 470 g/mol. The van der Waals surface area contributed by atoms with Crippen LogP contribution in [-0.4, -0.2) is 63.0 Å². The van der Waals surface area contributed by atoms with E-state index in [-0.39, 0.29) is 27.6 Å².